The minimum Gasteiger partial charge on any atom is -0.458 e. The second-order valence-electron chi connectivity index (χ2n) is 3.75. The largest absolute Gasteiger partial charge is 0.458 e. The monoisotopic (exact) mass is 272 g/mol. The molecule has 2 aromatic heterocycles. The minimum atomic E-state index is -0.502. The van der Waals surface area contributed by atoms with E-state index >= 15 is 0 Å². The van der Waals surface area contributed by atoms with Gasteiger partial charge in [0.05, 0.1) is 11.1 Å². The first kappa shape index (κ1) is 13.7. The van der Waals surface area contributed by atoms with Gasteiger partial charge in [-0.25, -0.2) is 9.59 Å². The fourth-order valence-electron chi connectivity index (χ4n) is 1.41. The third-order valence-corrected chi connectivity index (χ3v) is 2.36. The molecule has 0 N–H and O–H groups in total. The number of ether oxygens (including phenoxy) is 2. The molecule has 0 atom stereocenters. The van der Waals surface area contributed by atoms with Gasteiger partial charge in [-0.15, -0.1) is 0 Å². The summed E-state index contributed by atoms with van der Waals surface area (Å²) in [7, 11) is 0. The zero-order valence-electron chi connectivity index (χ0n) is 10.6. The molecule has 2 rings (SSSR count). The fourth-order valence-corrected chi connectivity index (χ4v) is 1.41. The number of hydrogen-bond donors (Lipinski definition) is 0. The number of aromatic nitrogens is 2. The van der Waals surface area contributed by atoms with E-state index in [1.54, 1.807) is 30.5 Å². The van der Waals surface area contributed by atoms with Crippen molar-refractivity contribution in [2.75, 3.05) is 13.2 Å². The van der Waals surface area contributed by atoms with Gasteiger partial charge in [-0.2, -0.15) is 0 Å². The van der Waals surface area contributed by atoms with E-state index in [0.29, 0.717) is 11.1 Å². The molecule has 0 aliphatic carbocycles. The summed E-state index contributed by atoms with van der Waals surface area (Å²) in [6, 6.07) is 6.33. The number of hydrogen-bond acceptors (Lipinski definition) is 6. The molecule has 6 nitrogen and oxygen atoms in total. The molecular weight excluding hydrogens is 260 g/mol. The van der Waals surface area contributed by atoms with E-state index in [9.17, 15) is 9.59 Å². The second-order valence-corrected chi connectivity index (χ2v) is 3.75. The highest BCUT2D eigenvalue weighted by atomic mass is 16.6. The lowest BCUT2D eigenvalue weighted by molar-refractivity contribution is 0.0265. The van der Waals surface area contributed by atoms with Crippen LogP contribution in [0.3, 0.4) is 0 Å². The van der Waals surface area contributed by atoms with Crippen LogP contribution in [-0.2, 0) is 9.47 Å². The molecule has 0 bridgehead atoms. The number of carbonyl (C=O) groups is 2. The summed E-state index contributed by atoms with van der Waals surface area (Å²) < 4.78 is 9.90. The molecule has 0 aromatic carbocycles. The first-order chi connectivity index (χ1) is 9.77. The van der Waals surface area contributed by atoms with Crippen molar-refractivity contribution in [3.8, 4) is 0 Å². The standard InChI is InChI=1S/C14H12N2O4/c17-13(11-3-6-15-7-4-11)19-8-9-20-14(18)12-2-1-5-16-10-12/h1-7,10H,8-9H2. The van der Waals surface area contributed by atoms with Crippen LogP contribution in [0.15, 0.2) is 49.1 Å². The van der Waals surface area contributed by atoms with Gasteiger partial charge in [0.2, 0.25) is 0 Å². The van der Waals surface area contributed by atoms with Crippen LogP contribution in [0.1, 0.15) is 20.7 Å². The summed E-state index contributed by atoms with van der Waals surface area (Å²) in [4.78, 5) is 30.7. The maximum atomic E-state index is 11.6. The third-order valence-electron chi connectivity index (χ3n) is 2.36. The number of esters is 2. The number of rotatable bonds is 5. The Morgan fingerprint density at radius 3 is 2.10 bits per heavy atom. The Labute approximate surface area is 115 Å². The topological polar surface area (TPSA) is 78.4 Å². The van der Waals surface area contributed by atoms with Crippen molar-refractivity contribution in [2.45, 2.75) is 0 Å². The Balaban J connectivity index is 1.72. The molecule has 0 amide bonds. The summed E-state index contributed by atoms with van der Waals surface area (Å²) in [5.74, 6) is -0.983. The van der Waals surface area contributed by atoms with Gasteiger partial charge in [-0.3, -0.25) is 9.97 Å². The molecule has 0 saturated heterocycles. The van der Waals surface area contributed by atoms with Gasteiger partial charge >= 0.3 is 11.9 Å². The van der Waals surface area contributed by atoms with Gasteiger partial charge in [0.1, 0.15) is 13.2 Å². The second kappa shape index (κ2) is 6.98. The van der Waals surface area contributed by atoms with Crippen LogP contribution < -0.4 is 0 Å². The van der Waals surface area contributed by atoms with Crippen LogP contribution in [-0.4, -0.2) is 35.1 Å². The van der Waals surface area contributed by atoms with Gasteiger partial charge in [-0.05, 0) is 24.3 Å². The smallest absolute Gasteiger partial charge is 0.339 e. The molecule has 6 heteroatoms. The van der Waals surface area contributed by atoms with Crippen molar-refractivity contribution < 1.29 is 19.1 Å². The van der Waals surface area contributed by atoms with E-state index in [4.69, 9.17) is 9.47 Å². The highest BCUT2D eigenvalue weighted by Crippen LogP contribution is 2.01. The van der Waals surface area contributed by atoms with E-state index in [1.807, 2.05) is 0 Å². The normalized spacial score (nSPS) is 9.80. The fraction of sp³-hybridized carbons (Fsp3) is 0.143. The lowest BCUT2D eigenvalue weighted by Crippen LogP contribution is -2.14. The van der Waals surface area contributed by atoms with Crippen LogP contribution in [0, 0.1) is 0 Å². The van der Waals surface area contributed by atoms with Crippen LogP contribution in [0.4, 0.5) is 0 Å². The van der Waals surface area contributed by atoms with Gasteiger partial charge < -0.3 is 9.47 Å². The van der Waals surface area contributed by atoms with Crippen LogP contribution in [0.2, 0.25) is 0 Å². The van der Waals surface area contributed by atoms with Crippen LogP contribution in [0.25, 0.3) is 0 Å². The van der Waals surface area contributed by atoms with Gasteiger partial charge in [0, 0.05) is 24.8 Å². The lowest BCUT2D eigenvalue weighted by atomic mass is 10.3. The van der Waals surface area contributed by atoms with Crippen molar-refractivity contribution >= 4 is 11.9 Å². The van der Waals surface area contributed by atoms with E-state index in [2.05, 4.69) is 9.97 Å². The molecule has 0 aliphatic heterocycles. The minimum absolute atomic E-state index is 0.00679. The molecule has 2 heterocycles. The summed E-state index contributed by atoms with van der Waals surface area (Å²) >= 11 is 0. The molecule has 2 aromatic rings. The predicted molar refractivity (Wildman–Crippen MR) is 69.0 cm³/mol. The van der Waals surface area contributed by atoms with E-state index < -0.39 is 11.9 Å². The van der Waals surface area contributed by atoms with Gasteiger partial charge in [-0.1, -0.05) is 0 Å². The molecule has 0 aliphatic rings. The first-order valence-electron chi connectivity index (χ1n) is 5.91. The first-order valence-corrected chi connectivity index (χ1v) is 5.91. The van der Waals surface area contributed by atoms with Crippen molar-refractivity contribution in [3.63, 3.8) is 0 Å². The Hall–Kier alpha value is -2.76. The number of nitrogens with zero attached hydrogens (tertiary/aromatic N) is 2. The summed E-state index contributed by atoms with van der Waals surface area (Å²) in [5.41, 5.74) is 0.756. The molecule has 0 saturated carbocycles. The lowest BCUT2D eigenvalue weighted by Gasteiger charge is -2.06. The zero-order chi connectivity index (χ0) is 14.2. The van der Waals surface area contributed by atoms with E-state index in [0.717, 1.165) is 0 Å². The Morgan fingerprint density at radius 2 is 1.50 bits per heavy atom. The highest BCUT2D eigenvalue weighted by Gasteiger charge is 2.08. The quantitative estimate of drug-likeness (QED) is 0.606. The van der Waals surface area contributed by atoms with Crippen LogP contribution in [0.5, 0.6) is 0 Å². The Bertz CT molecular complexity index is 519. The zero-order valence-corrected chi connectivity index (χ0v) is 10.6. The number of carbonyl (C=O) groups excluding carboxylic acids is 2. The molecule has 0 unspecified atom stereocenters. The summed E-state index contributed by atoms with van der Waals surface area (Å²) in [6.07, 6.45) is 5.97. The Morgan fingerprint density at radius 1 is 0.850 bits per heavy atom. The van der Waals surface area contributed by atoms with Crippen molar-refractivity contribution in [1.82, 2.24) is 9.97 Å². The molecular formula is C14H12N2O4. The summed E-state index contributed by atoms with van der Waals surface area (Å²) in [5, 5.41) is 0. The molecule has 0 radical (unpaired) electrons. The Kier molecular flexibility index (Phi) is 4.77. The summed E-state index contributed by atoms with van der Waals surface area (Å²) in [6.45, 7) is -0.0162. The van der Waals surface area contributed by atoms with Crippen molar-refractivity contribution in [2.24, 2.45) is 0 Å². The molecule has 20 heavy (non-hydrogen) atoms. The number of pyridine rings is 2. The molecule has 102 valence electrons. The maximum Gasteiger partial charge on any atom is 0.339 e. The third kappa shape index (κ3) is 3.88. The van der Waals surface area contributed by atoms with Crippen molar-refractivity contribution in [3.05, 3.63) is 60.2 Å². The van der Waals surface area contributed by atoms with E-state index in [1.165, 1.54) is 18.6 Å². The average Bonchev–Trinajstić information content (AvgIpc) is 2.53. The van der Waals surface area contributed by atoms with Gasteiger partial charge in [0.25, 0.3) is 0 Å². The van der Waals surface area contributed by atoms with Gasteiger partial charge in [0.15, 0.2) is 0 Å². The molecule has 0 spiro atoms. The van der Waals surface area contributed by atoms with Crippen molar-refractivity contribution in [1.29, 1.82) is 0 Å². The highest BCUT2D eigenvalue weighted by molar-refractivity contribution is 5.89. The molecule has 0 fully saturated rings. The maximum absolute atomic E-state index is 11.6. The van der Waals surface area contributed by atoms with E-state index in [-0.39, 0.29) is 13.2 Å². The van der Waals surface area contributed by atoms with Crippen LogP contribution >= 0.6 is 0 Å². The predicted octanol–water partition coefficient (Wildman–Crippen LogP) is 1.49. The average molecular weight is 272 g/mol. The SMILES string of the molecule is O=C(OCCOC(=O)c1cccnc1)c1ccncc1.